The summed E-state index contributed by atoms with van der Waals surface area (Å²) >= 11 is 0. The van der Waals surface area contributed by atoms with Gasteiger partial charge in [-0.05, 0) is 6.42 Å². The van der Waals surface area contributed by atoms with Crippen LogP contribution in [0.5, 0.6) is 0 Å². The molecule has 0 spiro atoms. The normalized spacial score (nSPS) is 41.5. The van der Waals surface area contributed by atoms with E-state index < -0.39 is 30.9 Å². The van der Waals surface area contributed by atoms with Crippen LogP contribution >= 0.6 is 0 Å². The molecule has 0 aromatic heterocycles. The molecule has 3 saturated heterocycles. The lowest BCUT2D eigenvalue weighted by Crippen LogP contribution is -2.36. The van der Waals surface area contributed by atoms with Crippen molar-refractivity contribution in [3.63, 3.8) is 0 Å². The highest BCUT2D eigenvalue weighted by Gasteiger charge is 2.59. The van der Waals surface area contributed by atoms with Crippen LogP contribution in [0.2, 0.25) is 0 Å². The fraction of sp³-hybridized carbons (Fsp3) is 1.00. The fourth-order valence-corrected chi connectivity index (χ4v) is 3.52. The molecule has 152 valence electrons. The highest BCUT2D eigenvalue weighted by atomic mass is 16.8. The van der Waals surface area contributed by atoms with Crippen molar-refractivity contribution in [3.05, 3.63) is 0 Å². The van der Waals surface area contributed by atoms with Crippen molar-refractivity contribution in [2.45, 2.75) is 94.7 Å². The van der Waals surface area contributed by atoms with Crippen molar-refractivity contribution in [1.82, 2.24) is 0 Å². The van der Waals surface area contributed by atoms with E-state index in [2.05, 4.69) is 6.92 Å². The van der Waals surface area contributed by atoms with E-state index >= 15 is 0 Å². The molecule has 3 aliphatic rings. The number of hydrogen-bond donors (Lipinski definition) is 3. The number of ether oxygens (including phenoxy) is 5. The predicted octanol–water partition coefficient (Wildman–Crippen LogP) is 0.311. The van der Waals surface area contributed by atoms with Crippen molar-refractivity contribution in [3.8, 4) is 0 Å². The van der Waals surface area contributed by atoms with Gasteiger partial charge in [-0.3, -0.25) is 0 Å². The first-order chi connectivity index (χ1) is 12.7. The monoisotopic (exact) mass is 376 g/mol. The molecular formula is C18H32O8. The first kappa shape index (κ1) is 20.4. The van der Waals surface area contributed by atoms with Crippen LogP contribution in [0.4, 0.5) is 0 Å². The molecule has 26 heavy (non-hydrogen) atoms. The Morgan fingerprint density at radius 3 is 2.23 bits per heavy atom. The second-order valence-corrected chi connectivity index (χ2v) is 7.29. The zero-order valence-electron chi connectivity index (χ0n) is 15.4. The van der Waals surface area contributed by atoms with Crippen LogP contribution in [0.1, 0.15) is 45.4 Å². The number of aliphatic hydroxyl groups is 3. The minimum absolute atomic E-state index is 0.0600. The van der Waals surface area contributed by atoms with Crippen molar-refractivity contribution in [2.24, 2.45) is 0 Å². The quantitative estimate of drug-likeness (QED) is 0.330. The highest BCUT2D eigenvalue weighted by molar-refractivity contribution is 5.00. The largest absolute Gasteiger partial charge is 0.394 e. The summed E-state index contributed by atoms with van der Waals surface area (Å²) in [7, 11) is 0. The molecule has 3 rings (SSSR count). The smallest absolute Gasteiger partial charge is 0.187 e. The van der Waals surface area contributed by atoms with E-state index in [-0.39, 0.29) is 31.5 Å². The van der Waals surface area contributed by atoms with Crippen molar-refractivity contribution >= 4 is 0 Å². The number of hydrogen-bond acceptors (Lipinski definition) is 8. The Morgan fingerprint density at radius 1 is 0.769 bits per heavy atom. The molecule has 3 N–H and O–H groups in total. The van der Waals surface area contributed by atoms with Crippen LogP contribution in [-0.4, -0.2) is 84.3 Å². The van der Waals surface area contributed by atoms with Gasteiger partial charge in [-0.2, -0.15) is 0 Å². The van der Waals surface area contributed by atoms with Crippen molar-refractivity contribution in [2.75, 3.05) is 19.8 Å². The van der Waals surface area contributed by atoms with Crippen LogP contribution < -0.4 is 0 Å². The van der Waals surface area contributed by atoms with E-state index in [0.29, 0.717) is 6.61 Å². The Morgan fingerprint density at radius 2 is 1.50 bits per heavy atom. The maximum absolute atomic E-state index is 10.1. The molecule has 0 aromatic rings. The van der Waals surface area contributed by atoms with Gasteiger partial charge in [0.05, 0.1) is 13.2 Å². The molecule has 3 aliphatic heterocycles. The summed E-state index contributed by atoms with van der Waals surface area (Å²) in [5.74, 6) is 0. The number of fused-ring (bicyclic) bond motifs is 1. The van der Waals surface area contributed by atoms with Crippen molar-refractivity contribution < 1.29 is 39.0 Å². The van der Waals surface area contributed by atoms with Crippen LogP contribution in [0, 0.1) is 0 Å². The molecule has 0 aliphatic carbocycles. The van der Waals surface area contributed by atoms with Gasteiger partial charge in [0.25, 0.3) is 0 Å². The second kappa shape index (κ2) is 9.75. The summed E-state index contributed by atoms with van der Waals surface area (Å²) < 4.78 is 27.7. The number of unbranched alkanes of at least 4 members (excludes halogenated alkanes) is 5. The summed E-state index contributed by atoms with van der Waals surface area (Å²) in [6.45, 7) is 2.63. The van der Waals surface area contributed by atoms with Gasteiger partial charge >= 0.3 is 0 Å². The van der Waals surface area contributed by atoms with Gasteiger partial charge in [-0.15, -0.1) is 0 Å². The molecule has 0 unspecified atom stereocenters. The Bertz CT molecular complexity index is 422. The lowest BCUT2D eigenvalue weighted by molar-refractivity contribution is -0.210. The summed E-state index contributed by atoms with van der Waals surface area (Å²) in [5, 5.41) is 29.4. The molecule has 0 amide bonds. The molecule has 8 nitrogen and oxygen atoms in total. The predicted molar refractivity (Wildman–Crippen MR) is 90.4 cm³/mol. The molecule has 0 bridgehead atoms. The molecule has 0 saturated carbocycles. The van der Waals surface area contributed by atoms with Gasteiger partial charge in [-0.25, -0.2) is 0 Å². The Hall–Kier alpha value is -0.320. The maximum Gasteiger partial charge on any atom is 0.187 e. The van der Waals surface area contributed by atoms with Crippen molar-refractivity contribution in [1.29, 1.82) is 0 Å². The lowest BCUT2D eigenvalue weighted by atomic mass is 10.1. The Kier molecular flexibility index (Phi) is 7.65. The maximum atomic E-state index is 10.1. The van der Waals surface area contributed by atoms with Crippen LogP contribution in [0.25, 0.3) is 0 Å². The third kappa shape index (κ3) is 4.94. The van der Waals surface area contributed by atoms with Gasteiger partial charge < -0.3 is 39.0 Å². The molecule has 8 atom stereocenters. The lowest BCUT2D eigenvalue weighted by Gasteiger charge is -2.20. The third-order valence-corrected chi connectivity index (χ3v) is 5.21. The molecule has 0 aromatic carbocycles. The van der Waals surface area contributed by atoms with E-state index in [9.17, 15) is 10.2 Å². The number of aliphatic hydroxyl groups excluding tert-OH is 3. The average molecular weight is 376 g/mol. The van der Waals surface area contributed by atoms with Gasteiger partial charge in [0.2, 0.25) is 0 Å². The van der Waals surface area contributed by atoms with Crippen LogP contribution in [0.15, 0.2) is 0 Å². The van der Waals surface area contributed by atoms with Crippen LogP contribution in [-0.2, 0) is 23.7 Å². The summed E-state index contributed by atoms with van der Waals surface area (Å²) in [6, 6.07) is 0. The van der Waals surface area contributed by atoms with Gasteiger partial charge in [0.15, 0.2) is 12.6 Å². The Labute approximate surface area is 154 Å². The summed E-state index contributed by atoms with van der Waals surface area (Å²) in [4.78, 5) is 0. The number of epoxide rings is 1. The van der Waals surface area contributed by atoms with E-state index in [4.69, 9.17) is 28.8 Å². The van der Waals surface area contributed by atoms with E-state index in [0.717, 1.165) is 12.8 Å². The van der Waals surface area contributed by atoms with E-state index in [1.165, 1.54) is 25.7 Å². The molecular weight excluding hydrogens is 344 g/mol. The van der Waals surface area contributed by atoms with Crippen LogP contribution in [0.3, 0.4) is 0 Å². The first-order valence-electron chi connectivity index (χ1n) is 9.82. The van der Waals surface area contributed by atoms with Gasteiger partial charge in [0.1, 0.15) is 36.6 Å². The molecule has 3 fully saturated rings. The zero-order chi connectivity index (χ0) is 18.5. The second-order valence-electron chi connectivity index (χ2n) is 7.29. The van der Waals surface area contributed by atoms with E-state index in [1.54, 1.807) is 0 Å². The number of rotatable bonds is 12. The fourth-order valence-electron chi connectivity index (χ4n) is 3.52. The molecule has 8 heteroatoms. The summed E-state index contributed by atoms with van der Waals surface area (Å²) in [6.07, 6.45) is 1.99. The summed E-state index contributed by atoms with van der Waals surface area (Å²) in [5.41, 5.74) is 0. The van der Waals surface area contributed by atoms with Gasteiger partial charge in [-0.1, -0.05) is 39.0 Å². The molecule has 0 radical (unpaired) electrons. The minimum atomic E-state index is -1.09. The van der Waals surface area contributed by atoms with Gasteiger partial charge in [0, 0.05) is 6.61 Å². The topological polar surface area (TPSA) is 110 Å². The average Bonchev–Trinajstić information content (AvgIpc) is 3.30. The zero-order valence-corrected chi connectivity index (χ0v) is 15.4. The standard InChI is InChI=1S/C18H32O8/c1-2-3-4-5-6-7-8-22-17-14(21)13(20)12(25-17)10-23-18-16-15(26-16)11(9-19)24-18/h11-21H,2-10H2,1H3/t11-,12-,13-,14+,15-,16-,17+,18+/m1/s1. The molecule has 3 heterocycles. The van der Waals surface area contributed by atoms with E-state index in [1.807, 2.05) is 0 Å². The highest BCUT2D eigenvalue weighted by Crippen LogP contribution is 2.39. The minimum Gasteiger partial charge on any atom is -0.394 e. The third-order valence-electron chi connectivity index (χ3n) is 5.21. The Balaban J connectivity index is 1.31. The first-order valence-corrected chi connectivity index (χ1v) is 9.82. The SMILES string of the molecule is CCCCCCCCO[C@H]1O[C@H](CO[C@H]2O[C@H](CO)[C@H]3O[C@@H]23)[C@@H](O)[C@@H]1O.